The van der Waals surface area contributed by atoms with Gasteiger partial charge in [0.2, 0.25) is 0 Å². The first-order chi connectivity index (χ1) is 8.66. The van der Waals surface area contributed by atoms with Crippen molar-refractivity contribution in [1.82, 2.24) is 4.98 Å². The molecule has 0 aliphatic rings. The topological polar surface area (TPSA) is 48.1 Å². The summed E-state index contributed by atoms with van der Waals surface area (Å²) in [6, 6.07) is 11.5. The number of halogens is 1. The minimum Gasteiger partial charge on any atom is -0.487 e. The van der Waals surface area contributed by atoms with Crippen LogP contribution in [-0.4, -0.2) is 9.97 Å². The van der Waals surface area contributed by atoms with Gasteiger partial charge < -0.3 is 10.5 Å². The van der Waals surface area contributed by atoms with E-state index in [-0.39, 0.29) is 4.99 Å². The first kappa shape index (κ1) is 13.0. The molecule has 0 radical (unpaired) electrons. The summed E-state index contributed by atoms with van der Waals surface area (Å²) in [6.07, 6.45) is 1.64. The van der Waals surface area contributed by atoms with E-state index in [0.717, 1.165) is 10.0 Å². The molecule has 5 heteroatoms. The van der Waals surface area contributed by atoms with Crippen LogP contribution >= 0.6 is 28.1 Å². The lowest BCUT2D eigenvalue weighted by molar-refractivity contribution is 0.304. The molecule has 18 heavy (non-hydrogen) atoms. The van der Waals surface area contributed by atoms with Gasteiger partial charge in [-0.3, -0.25) is 0 Å². The van der Waals surface area contributed by atoms with Crippen LogP contribution in [0.1, 0.15) is 11.3 Å². The summed E-state index contributed by atoms with van der Waals surface area (Å²) in [6.45, 7) is 0.445. The minimum absolute atomic E-state index is 0.236. The van der Waals surface area contributed by atoms with Gasteiger partial charge in [-0.15, -0.1) is 0 Å². The molecule has 92 valence electrons. The van der Waals surface area contributed by atoms with Crippen molar-refractivity contribution in [3.8, 4) is 5.75 Å². The number of hydrogen-bond acceptors (Lipinski definition) is 3. The van der Waals surface area contributed by atoms with E-state index in [4.69, 9.17) is 22.7 Å². The highest BCUT2D eigenvalue weighted by molar-refractivity contribution is 9.10. The van der Waals surface area contributed by atoms with Crippen LogP contribution in [0.4, 0.5) is 0 Å². The van der Waals surface area contributed by atoms with Gasteiger partial charge in [-0.1, -0.05) is 40.3 Å². The van der Waals surface area contributed by atoms with Crippen molar-refractivity contribution in [3.63, 3.8) is 0 Å². The number of benzene rings is 1. The molecular weight excluding hydrogens is 312 g/mol. The van der Waals surface area contributed by atoms with Gasteiger partial charge in [-0.05, 0) is 29.8 Å². The Kier molecular flexibility index (Phi) is 4.28. The average Bonchev–Trinajstić information content (AvgIpc) is 2.37. The Bertz CT molecular complexity index is 574. The Morgan fingerprint density at radius 3 is 2.89 bits per heavy atom. The highest BCUT2D eigenvalue weighted by Gasteiger charge is 2.07. The van der Waals surface area contributed by atoms with Crippen molar-refractivity contribution in [3.05, 3.63) is 58.3 Å². The summed E-state index contributed by atoms with van der Waals surface area (Å²) >= 11 is 8.35. The zero-order chi connectivity index (χ0) is 13.0. The molecule has 0 aliphatic heterocycles. The largest absolute Gasteiger partial charge is 0.487 e. The second-order valence-electron chi connectivity index (χ2n) is 3.63. The predicted octanol–water partition coefficient (Wildman–Crippen LogP) is 3.06. The van der Waals surface area contributed by atoms with Crippen LogP contribution in [0.3, 0.4) is 0 Å². The first-order valence-corrected chi connectivity index (χ1v) is 6.49. The molecule has 1 aromatic carbocycles. The minimum atomic E-state index is 0.236. The maximum atomic E-state index is 5.69. The number of rotatable bonds is 4. The lowest BCUT2D eigenvalue weighted by atomic mass is 10.2. The van der Waals surface area contributed by atoms with Crippen molar-refractivity contribution in [2.75, 3.05) is 0 Å². The normalized spacial score (nSPS) is 10.1. The second kappa shape index (κ2) is 5.93. The van der Waals surface area contributed by atoms with Gasteiger partial charge >= 0.3 is 0 Å². The summed E-state index contributed by atoms with van der Waals surface area (Å²) < 4.78 is 6.71. The molecule has 0 unspecified atom stereocenters. The first-order valence-electron chi connectivity index (χ1n) is 5.29. The monoisotopic (exact) mass is 322 g/mol. The molecule has 2 rings (SSSR count). The van der Waals surface area contributed by atoms with E-state index in [2.05, 4.69) is 20.9 Å². The smallest absolute Gasteiger partial charge is 0.148 e. The Hall–Kier alpha value is -1.46. The van der Waals surface area contributed by atoms with Crippen molar-refractivity contribution in [2.24, 2.45) is 5.73 Å². The molecule has 1 heterocycles. The van der Waals surface area contributed by atoms with E-state index in [0.29, 0.717) is 18.1 Å². The molecule has 0 saturated heterocycles. The number of nitrogens with two attached hydrogens (primary N) is 1. The van der Waals surface area contributed by atoms with Crippen LogP contribution in [0.2, 0.25) is 0 Å². The molecule has 2 aromatic rings. The lowest BCUT2D eigenvalue weighted by Crippen LogP contribution is -2.13. The molecule has 0 bridgehead atoms. The van der Waals surface area contributed by atoms with Crippen LogP contribution in [0.5, 0.6) is 5.75 Å². The molecule has 1 aromatic heterocycles. The maximum absolute atomic E-state index is 5.69. The van der Waals surface area contributed by atoms with Crippen LogP contribution in [0.15, 0.2) is 47.1 Å². The summed E-state index contributed by atoms with van der Waals surface area (Å²) in [5.41, 5.74) is 7.16. The van der Waals surface area contributed by atoms with Gasteiger partial charge in [-0.25, -0.2) is 4.98 Å². The maximum Gasteiger partial charge on any atom is 0.148 e. The fourth-order valence-electron chi connectivity index (χ4n) is 1.48. The molecule has 0 fully saturated rings. The van der Waals surface area contributed by atoms with Crippen LogP contribution in [0, 0.1) is 0 Å². The third kappa shape index (κ3) is 3.27. The third-order valence-electron chi connectivity index (χ3n) is 2.29. The summed E-state index contributed by atoms with van der Waals surface area (Å²) in [5, 5.41) is 0. The SMILES string of the molecule is NC(=S)c1ncccc1OCc1cccc(Br)c1. The molecule has 2 N–H and O–H groups in total. The molecule has 0 spiro atoms. The molecule has 0 aliphatic carbocycles. The standard InChI is InChI=1S/C13H11BrN2OS/c14-10-4-1-3-9(7-10)8-17-11-5-2-6-16-12(11)13(15)18/h1-7H,8H2,(H2,15,18). The van der Waals surface area contributed by atoms with Crippen molar-refractivity contribution in [1.29, 1.82) is 0 Å². The number of aromatic nitrogens is 1. The van der Waals surface area contributed by atoms with Gasteiger partial charge in [0.05, 0.1) is 0 Å². The van der Waals surface area contributed by atoms with Crippen molar-refractivity contribution < 1.29 is 4.74 Å². The Morgan fingerprint density at radius 1 is 1.33 bits per heavy atom. The van der Waals surface area contributed by atoms with Crippen LogP contribution < -0.4 is 10.5 Å². The number of ether oxygens (including phenoxy) is 1. The van der Waals surface area contributed by atoms with E-state index in [9.17, 15) is 0 Å². The zero-order valence-corrected chi connectivity index (χ0v) is 11.9. The number of nitrogens with zero attached hydrogens (tertiary/aromatic N) is 1. The van der Waals surface area contributed by atoms with Gasteiger partial charge in [0.1, 0.15) is 23.0 Å². The number of pyridine rings is 1. The Morgan fingerprint density at radius 2 is 2.17 bits per heavy atom. The van der Waals surface area contributed by atoms with Gasteiger partial charge in [0.25, 0.3) is 0 Å². The quantitative estimate of drug-likeness (QED) is 0.879. The highest BCUT2D eigenvalue weighted by Crippen LogP contribution is 2.18. The van der Waals surface area contributed by atoms with E-state index >= 15 is 0 Å². The van der Waals surface area contributed by atoms with E-state index in [1.807, 2.05) is 24.3 Å². The Balaban J connectivity index is 2.13. The van der Waals surface area contributed by atoms with E-state index in [1.165, 1.54) is 0 Å². The van der Waals surface area contributed by atoms with Gasteiger partial charge in [-0.2, -0.15) is 0 Å². The summed E-state index contributed by atoms with van der Waals surface area (Å²) in [5.74, 6) is 0.602. The zero-order valence-electron chi connectivity index (χ0n) is 9.47. The predicted molar refractivity (Wildman–Crippen MR) is 78.6 cm³/mol. The number of hydrogen-bond donors (Lipinski definition) is 1. The van der Waals surface area contributed by atoms with Crippen LogP contribution in [0.25, 0.3) is 0 Å². The van der Waals surface area contributed by atoms with Crippen LogP contribution in [-0.2, 0) is 6.61 Å². The molecule has 3 nitrogen and oxygen atoms in total. The van der Waals surface area contributed by atoms with E-state index < -0.39 is 0 Å². The third-order valence-corrected chi connectivity index (χ3v) is 2.97. The fraction of sp³-hybridized carbons (Fsp3) is 0.0769. The fourth-order valence-corrected chi connectivity index (χ4v) is 2.08. The van der Waals surface area contributed by atoms with Gasteiger partial charge in [0, 0.05) is 10.7 Å². The number of thiocarbonyl (C=S) groups is 1. The lowest BCUT2D eigenvalue weighted by Gasteiger charge is -2.09. The van der Waals surface area contributed by atoms with E-state index in [1.54, 1.807) is 18.3 Å². The summed E-state index contributed by atoms with van der Waals surface area (Å²) in [7, 11) is 0. The molecular formula is C13H11BrN2OS. The molecule has 0 amide bonds. The Labute approximate surface area is 119 Å². The average molecular weight is 323 g/mol. The van der Waals surface area contributed by atoms with Crippen molar-refractivity contribution in [2.45, 2.75) is 6.61 Å². The highest BCUT2D eigenvalue weighted by atomic mass is 79.9. The summed E-state index contributed by atoms with van der Waals surface area (Å²) in [4.78, 5) is 4.34. The van der Waals surface area contributed by atoms with Gasteiger partial charge in [0.15, 0.2) is 0 Å². The van der Waals surface area contributed by atoms with Crippen molar-refractivity contribution >= 4 is 33.1 Å². The second-order valence-corrected chi connectivity index (χ2v) is 4.99. The molecule has 0 saturated carbocycles. The molecule has 0 atom stereocenters.